The van der Waals surface area contributed by atoms with Crippen molar-refractivity contribution in [1.29, 1.82) is 0 Å². The van der Waals surface area contributed by atoms with E-state index in [0.717, 1.165) is 0 Å². The van der Waals surface area contributed by atoms with Crippen LogP contribution in [-0.2, 0) is 25.6 Å². The minimum Gasteiger partial charge on any atom is -0.508 e. The number of aromatic hydroxyl groups is 1. The molecule has 41 heavy (non-hydrogen) atoms. The first-order valence-electron chi connectivity index (χ1n) is 13.8. The zero-order valence-electron chi connectivity index (χ0n) is 23.8. The Labute approximate surface area is 240 Å². The molecule has 13 N–H and O–H groups in total. The van der Waals surface area contributed by atoms with Gasteiger partial charge in [-0.1, -0.05) is 32.4 Å². The normalized spacial score (nSPS) is 14.5. The number of aliphatic imine (C=N–C) groups is 1. The highest BCUT2D eigenvalue weighted by molar-refractivity contribution is 5.94. The summed E-state index contributed by atoms with van der Waals surface area (Å²) >= 11 is 0. The smallest absolute Gasteiger partial charge is 0.326 e. The summed E-state index contributed by atoms with van der Waals surface area (Å²) < 4.78 is 0. The molecule has 0 aromatic heterocycles. The molecule has 0 saturated heterocycles. The third-order valence-electron chi connectivity index (χ3n) is 6.67. The first kappa shape index (κ1) is 35.1. The van der Waals surface area contributed by atoms with Gasteiger partial charge in [-0.05, 0) is 62.3 Å². The summed E-state index contributed by atoms with van der Waals surface area (Å²) in [5.74, 6) is -3.41. The lowest BCUT2D eigenvalue weighted by Gasteiger charge is -2.28. The van der Waals surface area contributed by atoms with Crippen LogP contribution in [0.1, 0.15) is 57.9 Å². The van der Waals surface area contributed by atoms with E-state index in [-0.39, 0.29) is 36.9 Å². The Kier molecular flexibility index (Phi) is 15.8. The van der Waals surface area contributed by atoms with Crippen LogP contribution in [0.4, 0.5) is 0 Å². The molecule has 14 heteroatoms. The molecule has 0 spiro atoms. The molecule has 0 fully saturated rings. The quantitative estimate of drug-likeness (QED) is 0.0551. The highest BCUT2D eigenvalue weighted by atomic mass is 16.4. The molecule has 0 aliphatic heterocycles. The number of rotatable bonds is 19. The Balaban J connectivity index is 2.98. The number of carbonyl (C=O) groups excluding carboxylic acids is 3. The standard InChI is InChI=1S/C27H46N8O6/c1-3-16(2)22(25(39)34-21(26(40)41)15-17-9-11-18(36)12-10-17)35-24(38)20(8-4-5-13-28)33-23(37)19(29)7-6-14-32-27(30)31/h9-12,16,19-22,36H,3-8,13-15,28-29H2,1-2H3,(H,33,37)(H,34,39)(H,35,38)(H,40,41)(H4,30,31,32). The van der Waals surface area contributed by atoms with Gasteiger partial charge in [-0.15, -0.1) is 0 Å². The zero-order chi connectivity index (χ0) is 30.9. The Hall–Kier alpha value is -3.91. The number of phenolic OH excluding ortho intramolecular Hbond substituents is 1. The predicted molar refractivity (Wildman–Crippen MR) is 155 cm³/mol. The lowest BCUT2D eigenvalue weighted by molar-refractivity contribution is -0.142. The predicted octanol–water partition coefficient (Wildman–Crippen LogP) is -0.970. The van der Waals surface area contributed by atoms with Gasteiger partial charge in [0.1, 0.15) is 23.9 Å². The number of unbranched alkanes of at least 4 members (excludes halogenated alkanes) is 1. The van der Waals surface area contributed by atoms with Crippen LogP contribution in [0.3, 0.4) is 0 Å². The van der Waals surface area contributed by atoms with Gasteiger partial charge in [0.2, 0.25) is 17.7 Å². The van der Waals surface area contributed by atoms with Crippen LogP contribution >= 0.6 is 0 Å². The highest BCUT2D eigenvalue weighted by Crippen LogP contribution is 2.14. The monoisotopic (exact) mass is 578 g/mol. The van der Waals surface area contributed by atoms with Crippen LogP contribution in [0.2, 0.25) is 0 Å². The summed E-state index contributed by atoms with van der Waals surface area (Å²) in [5, 5.41) is 27.1. The Bertz CT molecular complexity index is 1020. The van der Waals surface area contributed by atoms with E-state index >= 15 is 0 Å². The average molecular weight is 579 g/mol. The second-order valence-electron chi connectivity index (χ2n) is 10.0. The second-order valence-corrected chi connectivity index (χ2v) is 10.0. The highest BCUT2D eigenvalue weighted by Gasteiger charge is 2.32. The maximum absolute atomic E-state index is 13.3. The number of phenols is 1. The Morgan fingerprint density at radius 3 is 2.10 bits per heavy atom. The number of benzene rings is 1. The third kappa shape index (κ3) is 13.3. The number of aliphatic carboxylic acids is 1. The maximum atomic E-state index is 13.3. The topological polar surface area (TPSA) is 261 Å². The first-order valence-corrected chi connectivity index (χ1v) is 13.8. The summed E-state index contributed by atoms with van der Waals surface area (Å²) in [6.07, 6.45) is 2.67. The first-order chi connectivity index (χ1) is 19.4. The molecule has 230 valence electrons. The van der Waals surface area contributed by atoms with E-state index in [9.17, 15) is 29.4 Å². The number of carboxylic acids is 1. The fourth-order valence-corrected chi connectivity index (χ4v) is 3.98. The number of nitrogens with two attached hydrogens (primary N) is 4. The molecule has 14 nitrogen and oxygen atoms in total. The van der Waals surface area contributed by atoms with Gasteiger partial charge < -0.3 is 49.1 Å². The lowest BCUT2D eigenvalue weighted by atomic mass is 9.96. The molecule has 5 unspecified atom stereocenters. The van der Waals surface area contributed by atoms with Gasteiger partial charge in [-0.3, -0.25) is 19.4 Å². The number of hydrogen-bond acceptors (Lipinski definition) is 8. The third-order valence-corrected chi connectivity index (χ3v) is 6.67. The second kappa shape index (κ2) is 18.4. The van der Waals surface area contributed by atoms with Gasteiger partial charge in [0.05, 0.1) is 6.04 Å². The van der Waals surface area contributed by atoms with Crippen molar-refractivity contribution in [2.24, 2.45) is 33.8 Å². The molecule has 1 rings (SSSR count). The van der Waals surface area contributed by atoms with Crippen LogP contribution in [0.15, 0.2) is 29.3 Å². The molecular formula is C27H46N8O6. The van der Waals surface area contributed by atoms with E-state index in [4.69, 9.17) is 22.9 Å². The molecule has 1 aromatic rings. The van der Waals surface area contributed by atoms with Crippen molar-refractivity contribution in [2.45, 2.75) is 83.0 Å². The lowest BCUT2D eigenvalue weighted by Crippen LogP contribution is -2.58. The summed E-state index contributed by atoms with van der Waals surface area (Å²) in [6.45, 7) is 4.31. The summed E-state index contributed by atoms with van der Waals surface area (Å²) in [5.41, 5.74) is 22.8. The molecule has 5 atom stereocenters. The van der Waals surface area contributed by atoms with Crippen LogP contribution in [0.25, 0.3) is 0 Å². The molecule has 0 aliphatic rings. The summed E-state index contributed by atoms with van der Waals surface area (Å²) in [6, 6.07) is 1.75. The van der Waals surface area contributed by atoms with Crippen molar-refractivity contribution in [3.05, 3.63) is 29.8 Å². The molecular weight excluding hydrogens is 532 g/mol. The number of nitrogens with zero attached hydrogens (tertiary/aromatic N) is 1. The molecule has 0 aliphatic carbocycles. The largest absolute Gasteiger partial charge is 0.508 e. The van der Waals surface area contributed by atoms with Gasteiger partial charge in [0.25, 0.3) is 0 Å². The minimum atomic E-state index is -1.27. The van der Waals surface area contributed by atoms with E-state index in [1.807, 2.05) is 6.92 Å². The Morgan fingerprint density at radius 1 is 0.902 bits per heavy atom. The van der Waals surface area contributed by atoms with E-state index in [2.05, 4.69) is 20.9 Å². The van der Waals surface area contributed by atoms with Crippen molar-refractivity contribution in [1.82, 2.24) is 16.0 Å². The van der Waals surface area contributed by atoms with Crippen molar-refractivity contribution >= 4 is 29.7 Å². The van der Waals surface area contributed by atoms with Gasteiger partial charge in [-0.2, -0.15) is 0 Å². The SMILES string of the molecule is CCC(C)C(NC(=O)C(CCCCN)NC(=O)C(N)CCCN=C(N)N)C(=O)NC(Cc1ccc(O)cc1)C(=O)O. The van der Waals surface area contributed by atoms with Gasteiger partial charge in [-0.25, -0.2) is 4.79 Å². The number of guanidine groups is 1. The van der Waals surface area contributed by atoms with Crippen LogP contribution in [0.5, 0.6) is 5.75 Å². The van der Waals surface area contributed by atoms with Crippen molar-refractivity contribution in [3.63, 3.8) is 0 Å². The van der Waals surface area contributed by atoms with E-state index in [1.54, 1.807) is 19.1 Å². The maximum Gasteiger partial charge on any atom is 0.326 e. The fraction of sp³-hybridized carbons (Fsp3) is 0.593. The number of carbonyl (C=O) groups is 4. The summed E-state index contributed by atoms with van der Waals surface area (Å²) in [4.78, 5) is 55.1. The summed E-state index contributed by atoms with van der Waals surface area (Å²) in [7, 11) is 0. The molecule has 1 aromatic carbocycles. The fourth-order valence-electron chi connectivity index (χ4n) is 3.98. The van der Waals surface area contributed by atoms with Crippen LogP contribution < -0.4 is 38.9 Å². The number of nitrogens with one attached hydrogen (secondary N) is 3. The van der Waals surface area contributed by atoms with Crippen LogP contribution in [-0.4, -0.2) is 77.1 Å². The zero-order valence-corrected chi connectivity index (χ0v) is 23.8. The van der Waals surface area contributed by atoms with Crippen LogP contribution in [0, 0.1) is 5.92 Å². The average Bonchev–Trinajstić information content (AvgIpc) is 2.93. The molecule has 0 heterocycles. The number of carboxylic acid groups (broad SMARTS) is 1. The molecule has 0 saturated carbocycles. The van der Waals surface area contributed by atoms with E-state index in [1.165, 1.54) is 12.1 Å². The molecule has 0 bridgehead atoms. The van der Waals surface area contributed by atoms with Gasteiger partial charge in [0, 0.05) is 13.0 Å². The number of amides is 3. The van der Waals surface area contributed by atoms with Gasteiger partial charge >= 0.3 is 5.97 Å². The number of hydrogen-bond donors (Lipinski definition) is 9. The minimum absolute atomic E-state index is 0.0264. The molecule has 3 amide bonds. The van der Waals surface area contributed by atoms with Crippen molar-refractivity contribution in [2.75, 3.05) is 13.1 Å². The van der Waals surface area contributed by atoms with E-state index in [0.29, 0.717) is 44.3 Å². The van der Waals surface area contributed by atoms with E-state index < -0.39 is 47.9 Å². The molecule has 0 radical (unpaired) electrons. The Morgan fingerprint density at radius 2 is 1.54 bits per heavy atom. The van der Waals surface area contributed by atoms with Gasteiger partial charge in [0.15, 0.2) is 5.96 Å². The van der Waals surface area contributed by atoms with Crippen molar-refractivity contribution in [3.8, 4) is 5.75 Å². The van der Waals surface area contributed by atoms with Crippen molar-refractivity contribution < 1.29 is 29.4 Å².